The van der Waals surface area contributed by atoms with Crippen molar-refractivity contribution in [2.45, 2.75) is 52.6 Å². The van der Waals surface area contributed by atoms with E-state index in [0.717, 1.165) is 66.9 Å². The van der Waals surface area contributed by atoms with Gasteiger partial charge in [-0.15, -0.1) is 0 Å². The molecule has 34 heavy (non-hydrogen) atoms. The van der Waals surface area contributed by atoms with Crippen LogP contribution in [-0.4, -0.2) is 54.0 Å². The zero-order valence-corrected chi connectivity index (χ0v) is 21.0. The molecule has 0 N–H and O–H groups in total. The maximum absolute atomic E-state index is 14.2. The Morgan fingerprint density at radius 2 is 1.91 bits per heavy atom. The van der Waals surface area contributed by atoms with Gasteiger partial charge in [0.05, 0.1) is 36.7 Å². The van der Waals surface area contributed by atoms with Gasteiger partial charge in [-0.05, 0) is 48.1 Å². The van der Waals surface area contributed by atoms with Gasteiger partial charge in [0.15, 0.2) is 0 Å². The minimum absolute atomic E-state index is 0.122. The van der Waals surface area contributed by atoms with E-state index in [0.29, 0.717) is 5.92 Å². The van der Waals surface area contributed by atoms with Gasteiger partial charge in [0, 0.05) is 43.8 Å². The monoisotopic (exact) mass is 463 g/mol. The Balaban J connectivity index is 1.52. The molecule has 1 aliphatic heterocycles. The molecule has 0 amide bonds. The number of fused-ring (bicyclic) bond motifs is 5. The molecule has 3 fully saturated rings. The van der Waals surface area contributed by atoms with Crippen LogP contribution in [0.4, 0.5) is 0 Å². The van der Waals surface area contributed by atoms with E-state index in [9.17, 15) is 4.79 Å². The number of ether oxygens (including phenoxy) is 2. The normalized spacial score (nSPS) is 28.8. The molecule has 0 radical (unpaired) electrons. The molecule has 3 atom stereocenters. The highest BCUT2D eigenvalue weighted by molar-refractivity contribution is 6.09. The van der Waals surface area contributed by atoms with E-state index < -0.39 is 0 Å². The highest BCUT2D eigenvalue weighted by Gasteiger charge is 2.60. The molecule has 2 saturated carbocycles. The van der Waals surface area contributed by atoms with Crippen molar-refractivity contribution in [3.8, 4) is 5.75 Å². The van der Waals surface area contributed by atoms with E-state index in [2.05, 4.69) is 53.1 Å². The molecule has 3 aliphatic rings. The fourth-order valence-electron chi connectivity index (χ4n) is 7.78. The summed E-state index contributed by atoms with van der Waals surface area (Å²) in [5.74, 6) is 1.52. The second-order valence-corrected chi connectivity index (χ2v) is 11.6. The summed E-state index contributed by atoms with van der Waals surface area (Å²) in [7, 11) is 1.72. The summed E-state index contributed by atoms with van der Waals surface area (Å²) >= 11 is 0. The largest absolute Gasteiger partial charge is 0.495 e. The molecule has 1 saturated heterocycles. The maximum Gasteiger partial charge on any atom is 0.260 e. The van der Waals surface area contributed by atoms with Crippen LogP contribution in [0.3, 0.4) is 0 Å². The van der Waals surface area contributed by atoms with Gasteiger partial charge >= 0.3 is 0 Å². The number of aromatic nitrogens is 2. The van der Waals surface area contributed by atoms with Crippen LogP contribution in [0.25, 0.3) is 21.8 Å². The van der Waals surface area contributed by atoms with Crippen LogP contribution in [0.15, 0.2) is 35.3 Å². The van der Waals surface area contributed by atoms with Gasteiger partial charge in [-0.3, -0.25) is 9.69 Å². The van der Waals surface area contributed by atoms with E-state index in [1.165, 1.54) is 19.3 Å². The number of hydrogen-bond donors (Lipinski definition) is 0. The molecule has 6 heteroatoms. The number of para-hydroxylation sites is 1. The SMILES string of the molecule is COc1cccc2c3c(=O)n(C4C5(C)CC[C@@H](C5)C4(C)C)ccc3n(CCN3CCOCC3)c12. The molecule has 2 bridgehead atoms. The maximum atomic E-state index is 14.2. The van der Waals surface area contributed by atoms with Crippen molar-refractivity contribution < 1.29 is 9.47 Å². The van der Waals surface area contributed by atoms with Crippen molar-refractivity contribution in [3.05, 3.63) is 40.8 Å². The highest BCUT2D eigenvalue weighted by atomic mass is 16.5. The molecule has 2 aliphatic carbocycles. The van der Waals surface area contributed by atoms with Gasteiger partial charge in [0.25, 0.3) is 5.56 Å². The number of hydrogen-bond acceptors (Lipinski definition) is 4. The van der Waals surface area contributed by atoms with Gasteiger partial charge in [-0.25, -0.2) is 0 Å². The first-order valence-corrected chi connectivity index (χ1v) is 12.9. The van der Waals surface area contributed by atoms with Crippen molar-refractivity contribution in [1.82, 2.24) is 14.0 Å². The van der Waals surface area contributed by atoms with E-state index in [1.54, 1.807) is 7.11 Å². The standard InChI is InChI=1S/C28H37N3O3/c1-27(2)19-8-10-28(3,18-19)26(27)31-11-9-21-23(25(31)32)20-6-5-7-22(33-4)24(20)30(21)13-12-29-14-16-34-17-15-29/h5-7,9,11,19,26H,8,10,12-18H2,1-4H3/t19-,26?,28?/m0/s1. The van der Waals surface area contributed by atoms with Gasteiger partial charge in [-0.1, -0.05) is 32.9 Å². The second-order valence-electron chi connectivity index (χ2n) is 11.6. The van der Waals surface area contributed by atoms with E-state index in [1.807, 2.05) is 12.1 Å². The average molecular weight is 464 g/mol. The Morgan fingerprint density at radius 3 is 2.62 bits per heavy atom. The predicted molar refractivity (Wildman–Crippen MR) is 136 cm³/mol. The Morgan fingerprint density at radius 1 is 1.12 bits per heavy atom. The summed E-state index contributed by atoms with van der Waals surface area (Å²) in [6.45, 7) is 12.4. The zero-order chi connectivity index (χ0) is 23.7. The number of rotatable bonds is 5. The third-order valence-electron chi connectivity index (χ3n) is 9.36. The minimum Gasteiger partial charge on any atom is -0.495 e. The minimum atomic E-state index is 0.122. The summed E-state index contributed by atoms with van der Waals surface area (Å²) in [6.07, 6.45) is 5.81. The topological polar surface area (TPSA) is 48.6 Å². The molecule has 6 rings (SSSR count). The van der Waals surface area contributed by atoms with Gasteiger partial charge in [0.1, 0.15) is 5.75 Å². The van der Waals surface area contributed by atoms with Gasteiger partial charge < -0.3 is 18.6 Å². The molecule has 2 unspecified atom stereocenters. The number of methoxy groups -OCH3 is 1. The molecule has 6 nitrogen and oxygen atoms in total. The fourth-order valence-corrected chi connectivity index (χ4v) is 7.78. The van der Waals surface area contributed by atoms with Crippen LogP contribution < -0.4 is 10.3 Å². The van der Waals surface area contributed by atoms with Gasteiger partial charge in [0.2, 0.25) is 0 Å². The van der Waals surface area contributed by atoms with E-state index >= 15 is 0 Å². The summed E-state index contributed by atoms with van der Waals surface area (Å²) in [5.41, 5.74) is 2.50. The van der Waals surface area contributed by atoms with Crippen LogP contribution in [0, 0.1) is 16.7 Å². The van der Waals surface area contributed by atoms with Crippen molar-refractivity contribution in [2.75, 3.05) is 40.0 Å². The second kappa shape index (κ2) is 7.85. The predicted octanol–water partition coefficient (Wildman–Crippen LogP) is 4.68. The average Bonchev–Trinajstić information content (AvgIpc) is 3.44. The molecule has 1 aromatic carbocycles. The van der Waals surface area contributed by atoms with Crippen molar-refractivity contribution in [2.24, 2.45) is 16.7 Å². The lowest BCUT2D eigenvalue weighted by atomic mass is 9.68. The molecule has 182 valence electrons. The number of morpholine rings is 1. The fraction of sp³-hybridized carbons (Fsp3) is 0.607. The van der Waals surface area contributed by atoms with Crippen LogP contribution in [-0.2, 0) is 11.3 Å². The summed E-state index contributed by atoms with van der Waals surface area (Å²) < 4.78 is 15.7. The third kappa shape index (κ3) is 3.11. The van der Waals surface area contributed by atoms with Gasteiger partial charge in [-0.2, -0.15) is 0 Å². The quantitative estimate of drug-likeness (QED) is 0.551. The number of nitrogens with zero attached hydrogens (tertiary/aromatic N) is 3. The lowest BCUT2D eigenvalue weighted by molar-refractivity contribution is 0.0366. The first-order valence-electron chi connectivity index (χ1n) is 12.9. The first-order chi connectivity index (χ1) is 16.3. The Kier molecular flexibility index (Phi) is 5.12. The van der Waals surface area contributed by atoms with Crippen molar-refractivity contribution >= 4 is 21.8 Å². The molecule has 0 spiro atoms. The van der Waals surface area contributed by atoms with Crippen molar-refractivity contribution in [1.29, 1.82) is 0 Å². The van der Waals surface area contributed by atoms with Crippen LogP contribution in [0.1, 0.15) is 46.1 Å². The molecular weight excluding hydrogens is 426 g/mol. The summed E-state index contributed by atoms with van der Waals surface area (Å²) in [4.78, 5) is 16.7. The zero-order valence-electron chi connectivity index (χ0n) is 21.0. The molecular formula is C28H37N3O3. The van der Waals surface area contributed by atoms with E-state index in [4.69, 9.17) is 9.47 Å². The Hall–Kier alpha value is -2.31. The van der Waals surface area contributed by atoms with Crippen LogP contribution in [0.5, 0.6) is 5.75 Å². The Bertz CT molecular complexity index is 1290. The molecule has 2 aromatic heterocycles. The lowest BCUT2D eigenvalue weighted by Crippen LogP contribution is -2.41. The lowest BCUT2D eigenvalue weighted by Gasteiger charge is -2.43. The number of pyridine rings is 1. The first kappa shape index (κ1) is 22.2. The highest BCUT2D eigenvalue weighted by Crippen LogP contribution is 2.67. The summed E-state index contributed by atoms with van der Waals surface area (Å²) in [5, 5.41) is 1.84. The van der Waals surface area contributed by atoms with Crippen molar-refractivity contribution in [3.63, 3.8) is 0 Å². The molecule has 3 aromatic rings. The van der Waals surface area contributed by atoms with Crippen LogP contribution >= 0.6 is 0 Å². The smallest absolute Gasteiger partial charge is 0.260 e. The Labute approximate surface area is 201 Å². The van der Waals surface area contributed by atoms with Crippen LogP contribution in [0.2, 0.25) is 0 Å². The molecule has 3 heterocycles. The number of benzene rings is 1. The third-order valence-corrected chi connectivity index (χ3v) is 9.36. The summed E-state index contributed by atoms with van der Waals surface area (Å²) in [6, 6.07) is 8.51. The van der Waals surface area contributed by atoms with E-state index in [-0.39, 0.29) is 22.4 Å².